The number of carboxylic acid groups (broad SMARTS) is 1. The van der Waals surface area contributed by atoms with Gasteiger partial charge in [0.25, 0.3) is 0 Å². The highest BCUT2D eigenvalue weighted by Crippen LogP contribution is 2.63. The average molecular weight is 216 g/mol. The minimum Gasteiger partial charge on any atom is -0.480 e. The number of carboxylic acids is 1. The number of hydrogen-bond donors (Lipinski definition) is 4. The molecule has 0 heterocycles. The molecule has 0 aromatic rings. The Hall–Kier alpha value is -1.05. The fourth-order valence-corrected chi connectivity index (χ4v) is 2.88. The molecule has 2 fully saturated rings. The van der Waals surface area contributed by atoms with Crippen molar-refractivity contribution in [3.63, 3.8) is 0 Å². The monoisotopic (exact) mass is 216 g/mol. The van der Waals surface area contributed by atoms with Gasteiger partial charge in [0, 0.05) is 18.3 Å². The highest BCUT2D eigenvalue weighted by molar-refractivity contribution is 5.81. The number of aliphatic hydroxyl groups excluding tert-OH is 1. The minimum atomic E-state index is -1.63. The van der Waals surface area contributed by atoms with Crippen LogP contribution in [0.4, 0.5) is 0 Å². The summed E-state index contributed by atoms with van der Waals surface area (Å²) >= 11 is 0. The second kappa shape index (κ2) is 2.97. The molecule has 7 nitrogen and oxygen atoms in total. The van der Waals surface area contributed by atoms with Crippen LogP contribution < -0.4 is 5.73 Å². The molecule has 0 aromatic heterocycles. The van der Waals surface area contributed by atoms with Gasteiger partial charge < -0.3 is 21.1 Å². The van der Waals surface area contributed by atoms with Crippen LogP contribution in [0.5, 0.6) is 0 Å². The minimum absolute atomic E-state index is 0.0234. The molecule has 0 radical (unpaired) electrons. The van der Waals surface area contributed by atoms with E-state index in [1.165, 1.54) is 0 Å². The van der Waals surface area contributed by atoms with Crippen LogP contribution >= 0.6 is 0 Å². The van der Waals surface area contributed by atoms with Crippen LogP contribution in [0.3, 0.4) is 0 Å². The third-order valence-corrected chi connectivity index (χ3v) is 3.60. The zero-order chi connectivity index (χ0) is 11.4. The summed E-state index contributed by atoms with van der Waals surface area (Å²) in [5.74, 6) is -2.81. The molecule has 2 aliphatic rings. The first kappa shape index (κ1) is 10.5. The van der Waals surface area contributed by atoms with E-state index in [1.54, 1.807) is 0 Å². The van der Waals surface area contributed by atoms with Crippen molar-refractivity contribution in [2.24, 2.45) is 28.7 Å². The van der Waals surface area contributed by atoms with Crippen LogP contribution in [0.2, 0.25) is 0 Å². The second-order valence-corrected chi connectivity index (χ2v) is 4.32. The molecule has 2 saturated carbocycles. The largest absolute Gasteiger partial charge is 0.480 e. The zero-order valence-electron chi connectivity index (χ0n) is 7.78. The topological polar surface area (TPSA) is 133 Å². The van der Waals surface area contributed by atoms with E-state index in [1.807, 2.05) is 0 Å². The molecule has 2 rings (SSSR count). The molecule has 0 bridgehead atoms. The maximum atomic E-state index is 11.0. The van der Waals surface area contributed by atoms with Crippen LogP contribution in [0, 0.1) is 22.7 Å². The molecular formula is C8H12N2O5. The SMILES string of the molecule is NC1(C(=O)O)CC(N=O)C2C(C(O)O)C21. The molecule has 5 atom stereocenters. The lowest BCUT2D eigenvalue weighted by Crippen LogP contribution is -2.50. The van der Waals surface area contributed by atoms with E-state index >= 15 is 0 Å². The predicted molar refractivity (Wildman–Crippen MR) is 47.4 cm³/mol. The molecule has 2 aliphatic carbocycles. The number of nitrogens with zero attached hydrogens (tertiary/aromatic N) is 1. The van der Waals surface area contributed by atoms with Crippen molar-refractivity contribution < 1.29 is 20.1 Å². The van der Waals surface area contributed by atoms with E-state index in [2.05, 4.69) is 5.18 Å². The van der Waals surface area contributed by atoms with Crippen molar-refractivity contribution in [2.75, 3.05) is 0 Å². The van der Waals surface area contributed by atoms with E-state index in [0.717, 1.165) is 0 Å². The van der Waals surface area contributed by atoms with E-state index < -0.39 is 41.6 Å². The van der Waals surface area contributed by atoms with Crippen LogP contribution in [-0.4, -0.2) is 39.2 Å². The summed E-state index contributed by atoms with van der Waals surface area (Å²) in [5.41, 5.74) is 4.12. The third kappa shape index (κ3) is 1.20. The Morgan fingerprint density at radius 2 is 2.13 bits per heavy atom. The van der Waals surface area contributed by atoms with Gasteiger partial charge in [-0.05, 0) is 5.92 Å². The van der Waals surface area contributed by atoms with Crippen molar-refractivity contribution in [1.82, 2.24) is 0 Å². The summed E-state index contributed by atoms with van der Waals surface area (Å²) in [6.45, 7) is 0. The van der Waals surface area contributed by atoms with Gasteiger partial charge in [-0.2, -0.15) is 4.91 Å². The Kier molecular flexibility index (Phi) is 2.07. The third-order valence-electron chi connectivity index (χ3n) is 3.60. The molecule has 5 N–H and O–H groups in total. The van der Waals surface area contributed by atoms with Gasteiger partial charge in [-0.1, -0.05) is 5.18 Å². The first-order chi connectivity index (χ1) is 6.93. The summed E-state index contributed by atoms with van der Waals surface area (Å²) < 4.78 is 0. The fraction of sp³-hybridized carbons (Fsp3) is 0.875. The van der Waals surface area contributed by atoms with Crippen molar-refractivity contribution in [2.45, 2.75) is 24.3 Å². The molecule has 0 aromatic carbocycles. The van der Waals surface area contributed by atoms with Gasteiger partial charge in [-0.15, -0.1) is 0 Å². The van der Waals surface area contributed by atoms with Crippen LogP contribution in [0.1, 0.15) is 6.42 Å². The highest BCUT2D eigenvalue weighted by atomic mass is 16.5. The van der Waals surface area contributed by atoms with Gasteiger partial charge in [-0.3, -0.25) is 4.79 Å². The summed E-state index contributed by atoms with van der Waals surface area (Å²) in [6, 6.07) is -0.720. The molecule has 0 amide bonds. The standard InChI is InChI=1S/C8H12N2O5/c9-8(7(13)14)1-2(10-15)3-4(5(3)8)6(11)12/h2-6,11-12H,1,9H2,(H,13,14). The van der Waals surface area contributed by atoms with Crippen LogP contribution in [0.25, 0.3) is 0 Å². The van der Waals surface area contributed by atoms with Gasteiger partial charge in [0.15, 0.2) is 6.29 Å². The number of nitroso groups, excluding NO2 is 1. The van der Waals surface area contributed by atoms with E-state index in [4.69, 9.17) is 21.1 Å². The smallest absolute Gasteiger partial charge is 0.324 e. The van der Waals surface area contributed by atoms with Crippen molar-refractivity contribution in [3.05, 3.63) is 4.91 Å². The first-order valence-electron chi connectivity index (χ1n) is 4.64. The summed E-state index contributed by atoms with van der Waals surface area (Å²) in [6.07, 6.45) is -1.66. The van der Waals surface area contributed by atoms with Gasteiger partial charge in [-0.25, -0.2) is 0 Å². The maximum absolute atomic E-state index is 11.0. The van der Waals surface area contributed by atoms with E-state index in [0.29, 0.717) is 0 Å². The number of aliphatic hydroxyl groups is 2. The number of rotatable bonds is 3. The number of hydrogen-bond acceptors (Lipinski definition) is 6. The second-order valence-electron chi connectivity index (χ2n) is 4.32. The Bertz CT molecular complexity index is 320. The highest BCUT2D eigenvalue weighted by Gasteiger charge is 2.73. The fourth-order valence-electron chi connectivity index (χ4n) is 2.88. The molecule has 84 valence electrons. The Labute approximate surface area is 84.9 Å². The van der Waals surface area contributed by atoms with Crippen molar-refractivity contribution in [3.8, 4) is 0 Å². The lowest BCUT2D eigenvalue weighted by Gasteiger charge is -2.23. The maximum Gasteiger partial charge on any atom is 0.324 e. The van der Waals surface area contributed by atoms with Crippen LogP contribution in [-0.2, 0) is 4.79 Å². The summed E-state index contributed by atoms with van der Waals surface area (Å²) in [4.78, 5) is 21.4. The molecule has 15 heavy (non-hydrogen) atoms. The van der Waals surface area contributed by atoms with E-state index in [-0.39, 0.29) is 6.42 Å². The number of nitrogens with two attached hydrogens (primary N) is 1. The van der Waals surface area contributed by atoms with Gasteiger partial charge in [0.1, 0.15) is 5.54 Å². The van der Waals surface area contributed by atoms with Gasteiger partial charge in [0.05, 0.1) is 6.04 Å². The molecular weight excluding hydrogens is 204 g/mol. The Morgan fingerprint density at radius 3 is 2.53 bits per heavy atom. The van der Waals surface area contributed by atoms with Crippen molar-refractivity contribution in [1.29, 1.82) is 0 Å². The average Bonchev–Trinajstić information content (AvgIpc) is 2.82. The number of aliphatic carboxylic acids is 1. The summed E-state index contributed by atoms with van der Waals surface area (Å²) in [5, 5.41) is 29.7. The predicted octanol–water partition coefficient (Wildman–Crippen LogP) is -1.52. The number of fused-ring (bicyclic) bond motifs is 1. The lowest BCUT2D eigenvalue weighted by atomic mass is 9.90. The molecule has 0 spiro atoms. The summed E-state index contributed by atoms with van der Waals surface area (Å²) in [7, 11) is 0. The van der Waals surface area contributed by atoms with Crippen molar-refractivity contribution >= 4 is 5.97 Å². The van der Waals surface area contributed by atoms with Gasteiger partial charge >= 0.3 is 5.97 Å². The molecule has 0 aliphatic heterocycles. The van der Waals surface area contributed by atoms with Crippen LogP contribution in [0.15, 0.2) is 5.18 Å². The Balaban J connectivity index is 2.26. The first-order valence-corrected chi connectivity index (χ1v) is 4.64. The molecule has 5 unspecified atom stereocenters. The molecule has 7 heteroatoms. The Morgan fingerprint density at radius 1 is 1.53 bits per heavy atom. The number of carbonyl (C=O) groups is 1. The normalized spacial score (nSPS) is 47.7. The quantitative estimate of drug-likeness (QED) is 0.334. The molecule has 0 saturated heterocycles. The zero-order valence-corrected chi connectivity index (χ0v) is 7.78. The lowest BCUT2D eigenvalue weighted by molar-refractivity contribution is -0.145. The van der Waals surface area contributed by atoms with E-state index in [9.17, 15) is 9.70 Å². The van der Waals surface area contributed by atoms with Gasteiger partial charge in [0.2, 0.25) is 0 Å².